The number of carbonyl (C=O) groups is 1. The largest absolute Gasteiger partial charge is 0.325 e. The van der Waals surface area contributed by atoms with E-state index in [4.69, 9.17) is 11.6 Å². The molecule has 0 saturated carbocycles. The highest BCUT2D eigenvalue weighted by atomic mass is 35.5. The number of carbonyl (C=O) groups excluding carboxylic acids is 1. The molecule has 1 unspecified atom stereocenters. The number of amides is 1. The van der Waals surface area contributed by atoms with Crippen molar-refractivity contribution in [1.29, 1.82) is 0 Å². The Morgan fingerprint density at radius 2 is 2.00 bits per heavy atom. The van der Waals surface area contributed by atoms with Crippen molar-refractivity contribution >= 4 is 35.0 Å². The van der Waals surface area contributed by atoms with Crippen LogP contribution in [0.25, 0.3) is 5.69 Å². The van der Waals surface area contributed by atoms with Gasteiger partial charge in [-0.15, -0.1) is 5.10 Å². The number of tetrazole rings is 1. The average molecular weight is 374 g/mol. The maximum Gasteiger partial charge on any atom is 0.237 e. The Kier molecular flexibility index (Phi) is 5.35. The van der Waals surface area contributed by atoms with Gasteiger partial charge in [0.15, 0.2) is 0 Å². The Hall–Kier alpha value is -2.38. The van der Waals surface area contributed by atoms with E-state index in [-0.39, 0.29) is 11.2 Å². The molecule has 8 heteroatoms. The lowest BCUT2D eigenvalue weighted by atomic mass is 10.2. The summed E-state index contributed by atoms with van der Waals surface area (Å²) >= 11 is 7.20. The summed E-state index contributed by atoms with van der Waals surface area (Å²) in [4.78, 5) is 12.4. The third-order valence-corrected chi connectivity index (χ3v) is 4.73. The van der Waals surface area contributed by atoms with Crippen LogP contribution < -0.4 is 5.32 Å². The second-order valence-electron chi connectivity index (χ2n) is 5.47. The van der Waals surface area contributed by atoms with Gasteiger partial charge in [0.1, 0.15) is 0 Å². The second-order valence-corrected chi connectivity index (χ2v) is 7.21. The number of anilines is 1. The van der Waals surface area contributed by atoms with E-state index in [0.717, 1.165) is 16.9 Å². The Bertz CT molecular complexity index is 881. The first kappa shape index (κ1) is 17.4. The highest BCUT2D eigenvalue weighted by Gasteiger charge is 2.19. The Morgan fingerprint density at radius 3 is 2.72 bits per heavy atom. The highest BCUT2D eigenvalue weighted by Crippen LogP contribution is 2.24. The molecule has 1 N–H and O–H groups in total. The van der Waals surface area contributed by atoms with Crippen LogP contribution in [0.3, 0.4) is 0 Å². The number of halogens is 1. The van der Waals surface area contributed by atoms with E-state index in [1.165, 1.54) is 11.8 Å². The summed E-state index contributed by atoms with van der Waals surface area (Å²) < 4.78 is 1.58. The molecule has 0 aliphatic carbocycles. The summed E-state index contributed by atoms with van der Waals surface area (Å²) in [6, 6.07) is 14.8. The molecule has 25 heavy (non-hydrogen) atoms. The molecule has 0 fully saturated rings. The molecular formula is C17H16ClN5OS. The van der Waals surface area contributed by atoms with Crippen LogP contribution in [0.15, 0.2) is 53.7 Å². The first-order valence-corrected chi connectivity index (χ1v) is 8.87. The van der Waals surface area contributed by atoms with Gasteiger partial charge in [-0.25, -0.2) is 0 Å². The lowest BCUT2D eigenvalue weighted by Gasteiger charge is -2.12. The molecule has 0 bridgehead atoms. The van der Waals surface area contributed by atoms with E-state index in [0.29, 0.717) is 10.2 Å². The Morgan fingerprint density at radius 1 is 1.24 bits per heavy atom. The standard InChI is InChI=1S/C17H16ClN5OS/c1-11-4-3-5-14(10-11)19-16(24)12(2)25-17-20-21-22-23(17)15-8-6-13(18)7-9-15/h3-10,12H,1-2H3,(H,19,24). The molecule has 1 amide bonds. The molecule has 1 aromatic heterocycles. The molecule has 3 rings (SSSR count). The maximum atomic E-state index is 12.4. The molecule has 0 aliphatic rings. The van der Waals surface area contributed by atoms with Gasteiger partial charge in [0.05, 0.1) is 10.9 Å². The van der Waals surface area contributed by atoms with Gasteiger partial charge in [-0.1, -0.05) is 35.5 Å². The van der Waals surface area contributed by atoms with E-state index < -0.39 is 0 Å². The van der Waals surface area contributed by atoms with Crippen molar-refractivity contribution in [2.45, 2.75) is 24.3 Å². The van der Waals surface area contributed by atoms with Crippen LogP contribution in [0.1, 0.15) is 12.5 Å². The van der Waals surface area contributed by atoms with Crippen LogP contribution in [0, 0.1) is 6.92 Å². The predicted octanol–water partition coefficient (Wildman–Crippen LogP) is 3.74. The molecular weight excluding hydrogens is 358 g/mol. The van der Waals surface area contributed by atoms with Crippen molar-refractivity contribution in [3.63, 3.8) is 0 Å². The van der Waals surface area contributed by atoms with Gasteiger partial charge in [0.25, 0.3) is 0 Å². The van der Waals surface area contributed by atoms with Gasteiger partial charge in [0.2, 0.25) is 11.1 Å². The quantitative estimate of drug-likeness (QED) is 0.689. The van der Waals surface area contributed by atoms with Gasteiger partial charge < -0.3 is 5.32 Å². The zero-order valence-corrected chi connectivity index (χ0v) is 15.3. The lowest BCUT2D eigenvalue weighted by Crippen LogP contribution is -2.23. The van der Waals surface area contributed by atoms with Crippen molar-refractivity contribution in [2.75, 3.05) is 5.32 Å². The summed E-state index contributed by atoms with van der Waals surface area (Å²) in [5, 5.41) is 15.4. The first-order chi connectivity index (χ1) is 12.0. The predicted molar refractivity (Wildman–Crippen MR) is 99.3 cm³/mol. The first-order valence-electron chi connectivity index (χ1n) is 7.61. The Balaban J connectivity index is 1.71. The number of hydrogen-bond acceptors (Lipinski definition) is 5. The fourth-order valence-corrected chi connectivity index (χ4v) is 3.11. The minimum atomic E-state index is -0.363. The van der Waals surface area contributed by atoms with E-state index in [1.807, 2.05) is 50.2 Å². The molecule has 0 radical (unpaired) electrons. The van der Waals surface area contributed by atoms with E-state index >= 15 is 0 Å². The number of nitrogens with zero attached hydrogens (tertiary/aromatic N) is 4. The fourth-order valence-electron chi connectivity index (χ4n) is 2.18. The number of benzene rings is 2. The molecule has 3 aromatic rings. The molecule has 6 nitrogen and oxygen atoms in total. The van der Waals surface area contributed by atoms with Gasteiger partial charge >= 0.3 is 0 Å². The highest BCUT2D eigenvalue weighted by molar-refractivity contribution is 8.00. The number of thioether (sulfide) groups is 1. The van der Waals surface area contributed by atoms with E-state index in [2.05, 4.69) is 20.8 Å². The molecule has 0 spiro atoms. The van der Waals surface area contributed by atoms with Crippen LogP contribution in [0.5, 0.6) is 0 Å². The van der Waals surface area contributed by atoms with Crippen LogP contribution in [-0.2, 0) is 4.79 Å². The van der Waals surface area contributed by atoms with Crippen molar-refractivity contribution in [3.8, 4) is 5.69 Å². The zero-order chi connectivity index (χ0) is 17.8. The van der Waals surface area contributed by atoms with Crippen molar-refractivity contribution < 1.29 is 4.79 Å². The summed E-state index contributed by atoms with van der Waals surface area (Å²) in [7, 11) is 0. The minimum Gasteiger partial charge on any atom is -0.325 e. The van der Waals surface area contributed by atoms with Crippen LogP contribution in [-0.4, -0.2) is 31.4 Å². The van der Waals surface area contributed by atoms with Gasteiger partial charge in [0, 0.05) is 10.7 Å². The topological polar surface area (TPSA) is 72.7 Å². The van der Waals surface area contributed by atoms with Crippen molar-refractivity contribution in [3.05, 3.63) is 59.1 Å². The lowest BCUT2D eigenvalue weighted by molar-refractivity contribution is -0.115. The number of rotatable bonds is 5. The van der Waals surface area contributed by atoms with Gasteiger partial charge in [-0.2, -0.15) is 4.68 Å². The van der Waals surface area contributed by atoms with Crippen molar-refractivity contribution in [2.24, 2.45) is 0 Å². The molecule has 0 aliphatic heterocycles. The van der Waals surface area contributed by atoms with Crippen LogP contribution in [0.4, 0.5) is 5.69 Å². The maximum absolute atomic E-state index is 12.4. The molecule has 1 heterocycles. The number of aromatic nitrogens is 4. The van der Waals surface area contributed by atoms with Crippen LogP contribution >= 0.6 is 23.4 Å². The average Bonchev–Trinajstić information content (AvgIpc) is 3.03. The molecule has 1 atom stereocenters. The molecule has 128 valence electrons. The number of nitrogens with one attached hydrogen (secondary N) is 1. The minimum absolute atomic E-state index is 0.110. The molecule has 2 aromatic carbocycles. The number of hydrogen-bond donors (Lipinski definition) is 1. The summed E-state index contributed by atoms with van der Waals surface area (Å²) in [5.74, 6) is -0.110. The third-order valence-electron chi connectivity index (χ3n) is 3.45. The van der Waals surface area contributed by atoms with Gasteiger partial charge in [-0.05, 0) is 66.2 Å². The van der Waals surface area contributed by atoms with Crippen molar-refractivity contribution in [1.82, 2.24) is 20.2 Å². The third kappa shape index (κ3) is 4.37. The summed E-state index contributed by atoms with van der Waals surface area (Å²) in [6.45, 7) is 3.80. The monoisotopic (exact) mass is 373 g/mol. The SMILES string of the molecule is Cc1cccc(NC(=O)C(C)Sc2nnnn2-c2ccc(Cl)cc2)c1. The van der Waals surface area contributed by atoms with E-state index in [1.54, 1.807) is 16.8 Å². The summed E-state index contributed by atoms with van der Waals surface area (Å²) in [5.41, 5.74) is 2.64. The fraction of sp³-hybridized carbons (Fsp3) is 0.176. The number of aryl methyl sites for hydroxylation is 1. The van der Waals surface area contributed by atoms with Gasteiger partial charge in [-0.3, -0.25) is 4.79 Å². The van der Waals surface area contributed by atoms with Crippen LogP contribution in [0.2, 0.25) is 5.02 Å². The summed E-state index contributed by atoms with van der Waals surface area (Å²) in [6.07, 6.45) is 0. The molecule has 0 saturated heterocycles. The normalized spacial score (nSPS) is 12.0. The second kappa shape index (κ2) is 7.67. The van der Waals surface area contributed by atoms with E-state index in [9.17, 15) is 4.79 Å². The smallest absolute Gasteiger partial charge is 0.237 e. The zero-order valence-electron chi connectivity index (χ0n) is 13.7. The Labute approximate surface area is 154 Å².